The smallest absolute Gasteiger partial charge is 0.216 e. The van der Waals surface area contributed by atoms with E-state index in [2.05, 4.69) is 47.2 Å². The zero-order valence-corrected chi connectivity index (χ0v) is 12.3. The van der Waals surface area contributed by atoms with Crippen molar-refractivity contribution in [3.05, 3.63) is 37.7 Å². The number of phenolic OH excluding ortho intramolecular Hbond substituents is 1. The summed E-state index contributed by atoms with van der Waals surface area (Å²) in [6.07, 6.45) is 2.94. The molecular weight excluding hydrogens is 372 g/mol. The van der Waals surface area contributed by atoms with Crippen LogP contribution in [0.15, 0.2) is 32.5 Å². The van der Waals surface area contributed by atoms with Crippen LogP contribution in [-0.4, -0.2) is 26.2 Å². The highest BCUT2D eigenvalue weighted by Gasteiger charge is 2.05. The van der Waals surface area contributed by atoms with Crippen LogP contribution in [0, 0.1) is 4.77 Å². The second-order valence-corrected chi connectivity index (χ2v) is 5.23. The third kappa shape index (κ3) is 2.82. The Morgan fingerprint density at radius 3 is 2.88 bits per heavy atom. The molecule has 0 saturated heterocycles. The number of hydrogen-bond acceptors (Lipinski definition) is 4. The molecule has 1 aromatic heterocycles. The first-order valence-corrected chi connectivity index (χ1v) is 6.42. The van der Waals surface area contributed by atoms with Crippen LogP contribution < -0.4 is 0 Å². The summed E-state index contributed by atoms with van der Waals surface area (Å²) in [6, 6.07) is 3.49. The first-order valence-electron chi connectivity index (χ1n) is 4.42. The first-order chi connectivity index (χ1) is 8.08. The van der Waals surface area contributed by atoms with E-state index in [1.807, 2.05) is 0 Å². The highest BCUT2D eigenvalue weighted by molar-refractivity contribution is 9.11. The average Bonchev–Trinajstić information content (AvgIpc) is 2.67. The fourth-order valence-electron chi connectivity index (χ4n) is 1.13. The van der Waals surface area contributed by atoms with Gasteiger partial charge in [-0.1, -0.05) is 15.9 Å². The fourth-order valence-corrected chi connectivity index (χ4v) is 2.54. The second-order valence-electron chi connectivity index (χ2n) is 3.08. The van der Waals surface area contributed by atoms with Gasteiger partial charge in [-0.3, -0.25) is 5.10 Å². The molecule has 17 heavy (non-hydrogen) atoms. The van der Waals surface area contributed by atoms with Crippen molar-refractivity contribution in [2.45, 2.75) is 0 Å². The molecule has 0 saturated carbocycles. The zero-order valence-electron chi connectivity index (χ0n) is 8.26. The Bertz CT molecular complexity index is 634. The van der Waals surface area contributed by atoms with Crippen molar-refractivity contribution in [2.75, 3.05) is 0 Å². The minimum atomic E-state index is 0.118. The highest BCUT2D eigenvalue weighted by atomic mass is 79.9. The first kappa shape index (κ1) is 12.5. The minimum Gasteiger partial charge on any atom is -0.506 e. The van der Waals surface area contributed by atoms with Crippen LogP contribution in [0.5, 0.6) is 5.75 Å². The second kappa shape index (κ2) is 5.11. The predicted octanol–water partition coefficient (Wildman–Crippen LogP) is 3.05. The van der Waals surface area contributed by atoms with Crippen molar-refractivity contribution in [3.8, 4) is 5.75 Å². The number of halogens is 2. The van der Waals surface area contributed by atoms with Crippen LogP contribution in [-0.2, 0) is 0 Å². The molecule has 0 aliphatic carbocycles. The van der Waals surface area contributed by atoms with Gasteiger partial charge in [0.05, 0.1) is 10.7 Å². The molecular formula is C9H6Br2N4OS. The van der Waals surface area contributed by atoms with E-state index in [9.17, 15) is 5.11 Å². The molecule has 2 N–H and O–H groups in total. The standard InChI is InChI=1S/C9H6Br2N4OS/c10-6-1-5(8(16)7(11)2-6)3-13-15-4-12-14-9(15)17/h1-4,16H,(H,14,17)/b13-3-. The maximum absolute atomic E-state index is 9.80. The van der Waals surface area contributed by atoms with E-state index < -0.39 is 0 Å². The van der Waals surface area contributed by atoms with Crippen molar-refractivity contribution in [1.82, 2.24) is 14.9 Å². The summed E-state index contributed by atoms with van der Waals surface area (Å²) in [5, 5.41) is 20.2. The van der Waals surface area contributed by atoms with Gasteiger partial charge in [-0.05, 0) is 40.3 Å². The van der Waals surface area contributed by atoms with E-state index in [-0.39, 0.29) is 5.75 Å². The number of H-pyrrole nitrogens is 1. The highest BCUT2D eigenvalue weighted by Crippen LogP contribution is 2.30. The van der Waals surface area contributed by atoms with E-state index in [0.29, 0.717) is 14.8 Å². The van der Waals surface area contributed by atoms with Crippen LogP contribution in [0.4, 0.5) is 0 Å². The summed E-state index contributed by atoms with van der Waals surface area (Å²) < 4.78 is 3.20. The minimum absolute atomic E-state index is 0.118. The molecule has 88 valence electrons. The van der Waals surface area contributed by atoms with Crippen LogP contribution in [0.3, 0.4) is 0 Å². The summed E-state index contributed by atoms with van der Waals surface area (Å²) >= 11 is 11.5. The quantitative estimate of drug-likeness (QED) is 0.624. The molecule has 1 aromatic carbocycles. The Labute approximate surface area is 118 Å². The molecule has 0 aliphatic heterocycles. The van der Waals surface area contributed by atoms with Gasteiger partial charge in [0.15, 0.2) is 0 Å². The number of aromatic hydroxyl groups is 1. The van der Waals surface area contributed by atoms with Crippen LogP contribution in [0.1, 0.15) is 5.56 Å². The molecule has 0 bridgehead atoms. The zero-order chi connectivity index (χ0) is 12.4. The maximum atomic E-state index is 9.80. The molecule has 2 aromatic rings. The number of benzene rings is 1. The van der Waals surface area contributed by atoms with Crippen molar-refractivity contribution in [3.63, 3.8) is 0 Å². The molecule has 1 heterocycles. The van der Waals surface area contributed by atoms with E-state index in [1.54, 1.807) is 12.1 Å². The van der Waals surface area contributed by atoms with Crippen molar-refractivity contribution in [2.24, 2.45) is 5.10 Å². The van der Waals surface area contributed by atoms with Crippen molar-refractivity contribution in [1.29, 1.82) is 0 Å². The van der Waals surface area contributed by atoms with Gasteiger partial charge >= 0.3 is 0 Å². The van der Waals surface area contributed by atoms with Gasteiger partial charge < -0.3 is 5.11 Å². The SMILES string of the molecule is Oc1c(Br)cc(Br)cc1/C=N\n1cn[nH]c1=S. The molecule has 0 atom stereocenters. The summed E-state index contributed by atoms with van der Waals surface area (Å²) in [6.45, 7) is 0. The van der Waals surface area contributed by atoms with E-state index in [4.69, 9.17) is 12.2 Å². The van der Waals surface area contributed by atoms with E-state index in [0.717, 1.165) is 4.47 Å². The molecule has 0 fully saturated rings. The van der Waals surface area contributed by atoms with E-state index >= 15 is 0 Å². The molecule has 0 unspecified atom stereocenters. The van der Waals surface area contributed by atoms with Crippen LogP contribution >= 0.6 is 44.1 Å². The van der Waals surface area contributed by atoms with Crippen molar-refractivity contribution < 1.29 is 5.11 Å². The lowest BCUT2D eigenvalue weighted by atomic mass is 10.2. The van der Waals surface area contributed by atoms with Gasteiger partial charge in [-0.2, -0.15) is 14.9 Å². The van der Waals surface area contributed by atoms with Gasteiger partial charge in [-0.25, -0.2) is 0 Å². The van der Waals surface area contributed by atoms with Crippen LogP contribution in [0.2, 0.25) is 0 Å². The summed E-state index contributed by atoms with van der Waals surface area (Å²) in [4.78, 5) is 0. The van der Waals surface area contributed by atoms with Crippen LogP contribution in [0.25, 0.3) is 0 Å². The summed E-state index contributed by atoms with van der Waals surface area (Å²) in [7, 11) is 0. The lowest BCUT2D eigenvalue weighted by Gasteiger charge is -2.02. The fraction of sp³-hybridized carbons (Fsp3) is 0. The lowest BCUT2D eigenvalue weighted by molar-refractivity contribution is 0.471. The lowest BCUT2D eigenvalue weighted by Crippen LogP contribution is -1.90. The molecule has 8 heteroatoms. The summed E-state index contributed by atoms with van der Waals surface area (Å²) in [5.41, 5.74) is 0.564. The molecule has 0 spiro atoms. The largest absolute Gasteiger partial charge is 0.506 e. The number of hydrogen-bond donors (Lipinski definition) is 2. The number of phenols is 1. The number of aromatic amines is 1. The Hall–Kier alpha value is -0.990. The number of aromatic nitrogens is 3. The van der Waals surface area contributed by atoms with Crippen molar-refractivity contribution >= 4 is 50.3 Å². The van der Waals surface area contributed by atoms with Gasteiger partial charge in [0.25, 0.3) is 0 Å². The normalized spacial score (nSPS) is 11.2. The third-order valence-electron chi connectivity index (χ3n) is 1.91. The van der Waals surface area contributed by atoms with Gasteiger partial charge in [0.2, 0.25) is 4.77 Å². The number of nitrogens with zero attached hydrogens (tertiary/aromatic N) is 3. The molecule has 0 aliphatic rings. The Kier molecular flexibility index (Phi) is 3.75. The van der Waals surface area contributed by atoms with E-state index in [1.165, 1.54) is 17.2 Å². The molecule has 0 amide bonds. The predicted molar refractivity (Wildman–Crippen MR) is 73.9 cm³/mol. The number of rotatable bonds is 2. The van der Waals surface area contributed by atoms with Gasteiger partial charge in [0, 0.05) is 10.0 Å². The monoisotopic (exact) mass is 376 g/mol. The Balaban J connectivity index is 2.40. The van der Waals surface area contributed by atoms with Gasteiger partial charge in [0.1, 0.15) is 12.1 Å². The Morgan fingerprint density at radius 2 is 2.24 bits per heavy atom. The van der Waals surface area contributed by atoms with Gasteiger partial charge in [-0.15, -0.1) is 0 Å². The molecule has 2 rings (SSSR count). The Morgan fingerprint density at radius 1 is 1.47 bits per heavy atom. The molecule has 5 nitrogen and oxygen atoms in total. The maximum Gasteiger partial charge on any atom is 0.216 e. The average molecular weight is 378 g/mol. The summed E-state index contributed by atoms with van der Waals surface area (Å²) in [5.74, 6) is 0.118. The topological polar surface area (TPSA) is 66.2 Å². The third-order valence-corrected chi connectivity index (χ3v) is 3.25. The molecule has 0 radical (unpaired) electrons. The number of nitrogens with one attached hydrogen (secondary N) is 1.